The first kappa shape index (κ1) is 35.7. The minimum absolute atomic E-state index is 0.00802. The third-order valence-corrected chi connectivity index (χ3v) is 13.4. The Kier molecular flexibility index (Phi) is 7.47. The zero-order chi connectivity index (χ0) is 39.9. The van der Waals surface area contributed by atoms with Crippen LogP contribution in [0.5, 0.6) is 0 Å². The Morgan fingerprint density at radius 2 is 1.30 bits per heavy atom. The predicted octanol–water partition coefficient (Wildman–Crippen LogP) is 12.9. The highest BCUT2D eigenvalue weighted by Gasteiger charge is 2.58. The molecule has 0 bridgehead atoms. The molecular formula is C52H52N4O. The molecule has 1 aliphatic heterocycles. The van der Waals surface area contributed by atoms with Crippen LogP contribution in [0.1, 0.15) is 104 Å². The summed E-state index contributed by atoms with van der Waals surface area (Å²) in [5.41, 5.74) is 16.1. The van der Waals surface area contributed by atoms with Crippen molar-refractivity contribution >= 4 is 49.5 Å². The Bertz CT molecular complexity index is 3060. The molecule has 0 unspecified atom stereocenters. The summed E-state index contributed by atoms with van der Waals surface area (Å²) in [6, 6.07) is 34.6. The topological polar surface area (TPSA) is 44.3 Å². The van der Waals surface area contributed by atoms with Gasteiger partial charge >= 0.3 is 0 Å². The highest BCUT2D eigenvalue weighted by molar-refractivity contribution is 6.19. The van der Waals surface area contributed by atoms with Crippen LogP contribution in [0.3, 0.4) is 0 Å². The van der Waals surface area contributed by atoms with Crippen molar-refractivity contribution in [3.8, 4) is 11.5 Å². The maximum Gasteiger partial charge on any atom is 0.217 e. The number of aromatic nitrogens is 3. The summed E-state index contributed by atoms with van der Waals surface area (Å²) in [7, 11) is 0. The van der Waals surface area contributed by atoms with Gasteiger partial charge in [0.15, 0.2) is 0 Å². The molecule has 0 fully saturated rings. The number of nitrogens with zero attached hydrogens (tertiary/aromatic N) is 4. The molecule has 286 valence electrons. The largest absolute Gasteiger partial charge is 0.468 e. The van der Waals surface area contributed by atoms with Gasteiger partial charge in [0.2, 0.25) is 5.90 Å². The lowest BCUT2D eigenvalue weighted by Crippen LogP contribution is -2.41. The first-order chi connectivity index (χ1) is 27.0. The van der Waals surface area contributed by atoms with E-state index in [4.69, 9.17) is 14.7 Å². The molecule has 4 heterocycles. The fraction of sp³-hybridized carbons (Fsp3) is 0.308. The highest BCUT2D eigenvalue weighted by Crippen LogP contribution is 2.54. The molecule has 8 aromatic rings. The molecule has 0 amide bonds. The molecule has 1 aliphatic carbocycles. The Morgan fingerprint density at radius 1 is 0.667 bits per heavy atom. The summed E-state index contributed by atoms with van der Waals surface area (Å²) in [6.45, 7) is 24.6. The number of benzene rings is 5. The molecule has 0 radical (unpaired) electrons. The van der Waals surface area contributed by atoms with Crippen molar-refractivity contribution in [1.82, 2.24) is 14.1 Å². The van der Waals surface area contributed by atoms with Crippen LogP contribution in [-0.4, -0.2) is 25.6 Å². The highest BCUT2D eigenvalue weighted by atomic mass is 16.5. The fourth-order valence-electron chi connectivity index (χ4n) is 9.68. The van der Waals surface area contributed by atoms with E-state index in [9.17, 15) is 0 Å². The summed E-state index contributed by atoms with van der Waals surface area (Å²) in [4.78, 5) is 10.5. The summed E-state index contributed by atoms with van der Waals surface area (Å²) in [6.07, 6.45) is 2.80. The smallest absolute Gasteiger partial charge is 0.217 e. The van der Waals surface area contributed by atoms with Crippen molar-refractivity contribution in [3.63, 3.8) is 0 Å². The molecule has 5 aromatic carbocycles. The Labute approximate surface area is 336 Å². The van der Waals surface area contributed by atoms with E-state index in [0.717, 1.165) is 45.9 Å². The molecule has 0 saturated carbocycles. The third-order valence-electron chi connectivity index (χ3n) is 13.4. The fourth-order valence-corrected chi connectivity index (χ4v) is 9.68. The van der Waals surface area contributed by atoms with E-state index < -0.39 is 11.1 Å². The number of rotatable bonds is 4. The van der Waals surface area contributed by atoms with Crippen molar-refractivity contribution in [2.24, 2.45) is 4.99 Å². The van der Waals surface area contributed by atoms with Gasteiger partial charge in [-0.3, -0.25) is 4.57 Å². The first-order valence-electron chi connectivity index (χ1n) is 20.5. The van der Waals surface area contributed by atoms with E-state index in [1.165, 1.54) is 71.6 Å². The lowest BCUT2D eigenvalue weighted by molar-refractivity contribution is 0.0476. The van der Waals surface area contributed by atoms with Gasteiger partial charge in [-0.05, 0) is 153 Å². The molecule has 0 saturated heterocycles. The van der Waals surface area contributed by atoms with E-state index in [1.807, 2.05) is 6.20 Å². The zero-order valence-electron chi connectivity index (χ0n) is 35.2. The van der Waals surface area contributed by atoms with Crippen LogP contribution in [0.2, 0.25) is 0 Å². The van der Waals surface area contributed by atoms with Gasteiger partial charge in [-0.15, -0.1) is 0 Å². The van der Waals surface area contributed by atoms with E-state index >= 15 is 0 Å². The van der Waals surface area contributed by atoms with Crippen LogP contribution in [0, 0.1) is 27.7 Å². The van der Waals surface area contributed by atoms with E-state index in [0.29, 0.717) is 5.92 Å². The lowest BCUT2D eigenvalue weighted by Gasteiger charge is -2.31. The summed E-state index contributed by atoms with van der Waals surface area (Å²) in [5, 5.41) is 4.95. The van der Waals surface area contributed by atoms with Crippen molar-refractivity contribution in [3.05, 3.63) is 147 Å². The molecule has 10 rings (SSSR count). The van der Waals surface area contributed by atoms with Gasteiger partial charge in [-0.2, -0.15) is 0 Å². The number of pyridine rings is 1. The van der Waals surface area contributed by atoms with E-state index in [2.05, 4.69) is 176 Å². The van der Waals surface area contributed by atoms with Crippen molar-refractivity contribution in [2.75, 3.05) is 0 Å². The second-order valence-corrected chi connectivity index (χ2v) is 18.8. The Hall–Kier alpha value is -5.68. The molecule has 0 spiro atoms. The van der Waals surface area contributed by atoms with Crippen LogP contribution >= 0.6 is 0 Å². The molecule has 3 aromatic heterocycles. The van der Waals surface area contributed by atoms with Gasteiger partial charge in [0, 0.05) is 45.4 Å². The Balaban J connectivity index is 1.24. The maximum atomic E-state index is 7.05. The van der Waals surface area contributed by atoms with Crippen LogP contribution in [0.4, 0.5) is 0 Å². The molecule has 57 heavy (non-hydrogen) atoms. The summed E-state index contributed by atoms with van der Waals surface area (Å²) >= 11 is 0. The SMILES string of the molecule is Cc1ccc2c(c1)c1cc3c4cc(C)ccc4n(-c4cc(C(C)(C)C)ccn4)c3cc1n2-c1cc(C2=N[C@]3(C)c4cc(C)c(C)cc4C[C@]3(C)O2)cc(C(C)C)c1. The van der Waals surface area contributed by atoms with E-state index in [1.54, 1.807) is 0 Å². The normalized spacial score (nSPS) is 19.3. The van der Waals surface area contributed by atoms with Crippen molar-refractivity contribution in [2.45, 2.75) is 105 Å². The monoisotopic (exact) mass is 748 g/mol. The molecule has 2 aliphatic rings. The van der Waals surface area contributed by atoms with Crippen LogP contribution < -0.4 is 0 Å². The number of hydrogen-bond donors (Lipinski definition) is 0. The standard InChI is InChI=1S/C52H52N4O/c1-29(2)34-22-35(49-54-52(11)43-21-33(6)32(5)20-36(43)28-51(52,10)57-49)24-38(23-34)55-44-14-12-30(3)18-39(44)41-26-42-40-19-31(4)13-15-45(40)56(47(42)27-46(41)55)48-25-37(16-17-53-48)50(7,8)9/h12-27,29H,28H2,1-11H3/t51-,52+/m0/s1. The third kappa shape index (κ3) is 5.20. The summed E-state index contributed by atoms with van der Waals surface area (Å²) in [5.74, 6) is 1.97. The molecule has 2 atom stereocenters. The van der Waals surface area contributed by atoms with Gasteiger partial charge in [0.25, 0.3) is 0 Å². The minimum atomic E-state index is -0.468. The molecule has 5 heteroatoms. The second-order valence-electron chi connectivity index (χ2n) is 18.8. The van der Waals surface area contributed by atoms with Crippen molar-refractivity contribution in [1.29, 1.82) is 0 Å². The van der Waals surface area contributed by atoms with E-state index in [-0.39, 0.29) is 5.41 Å². The predicted molar refractivity (Wildman–Crippen MR) is 238 cm³/mol. The maximum absolute atomic E-state index is 7.05. The molecule has 0 N–H and O–H groups in total. The number of fused-ring (bicyclic) bond motifs is 9. The van der Waals surface area contributed by atoms with Gasteiger partial charge in [-0.25, -0.2) is 9.98 Å². The Morgan fingerprint density at radius 3 is 1.96 bits per heavy atom. The first-order valence-corrected chi connectivity index (χ1v) is 20.5. The van der Waals surface area contributed by atoms with Gasteiger partial charge in [0.1, 0.15) is 17.0 Å². The van der Waals surface area contributed by atoms with Crippen molar-refractivity contribution < 1.29 is 4.74 Å². The molecular weight excluding hydrogens is 697 g/mol. The number of aliphatic imine (C=N–C) groups is 1. The number of hydrogen-bond acceptors (Lipinski definition) is 3. The van der Waals surface area contributed by atoms with Crippen LogP contribution in [0.15, 0.2) is 102 Å². The van der Waals surface area contributed by atoms with Gasteiger partial charge < -0.3 is 9.30 Å². The lowest BCUT2D eigenvalue weighted by atomic mass is 9.83. The van der Waals surface area contributed by atoms with Gasteiger partial charge in [-0.1, -0.05) is 70.0 Å². The second kappa shape index (κ2) is 11.9. The zero-order valence-corrected chi connectivity index (χ0v) is 35.2. The van der Waals surface area contributed by atoms with Gasteiger partial charge in [0.05, 0.1) is 22.1 Å². The quantitative estimate of drug-likeness (QED) is 0.180. The van der Waals surface area contributed by atoms with Crippen LogP contribution in [-0.2, 0) is 22.1 Å². The van der Waals surface area contributed by atoms with Crippen LogP contribution in [0.25, 0.3) is 55.1 Å². The number of ether oxygens (including phenoxy) is 1. The number of aryl methyl sites for hydroxylation is 4. The minimum Gasteiger partial charge on any atom is -0.468 e. The summed E-state index contributed by atoms with van der Waals surface area (Å²) < 4.78 is 11.9. The average Bonchev–Trinajstić information content (AvgIpc) is 3.80. The molecule has 5 nitrogen and oxygen atoms in total. The average molecular weight is 749 g/mol.